The van der Waals surface area contributed by atoms with Crippen molar-refractivity contribution < 1.29 is 0 Å². The molecular weight excluding hydrogens is 364 g/mol. The molecule has 1 atom stereocenters. The van der Waals surface area contributed by atoms with Crippen LogP contribution in [0.15, 0.2) is 51.9 Å². The van der Waals surface area contributed by atoms with Crippen LogP contribution < -0.4 is 0 Å². The van der Waals surface area contributed by atoms with E-state index in [1.54, 1.807) is 11.8 Å². The highest BCUT2D eigenvalue weighted by molar-refractivity contribution is 9.10. The SMILES string of the molecule is C=CC1=C(/C=C\C)C(C)c2ccc(Br)c(Cl)c2CS1.CC. The number of thioether (sulfide) groups is 1. The predicted octanol–water partition coefficient (Wildman–Crippen LogP) is 7.50. The summed E-state index contributed by atoms with van der Waals surface area (Å²) in [6, 6.07) is 4.21. The highest BCUT2D eigenvalue weighted by atomic mass is 79.9. The monoisotopic (exact) mass is 384 g/mol. The van der Waals surface area contributed by atoms with Crippen molar-refractivity contribution in [2.24, 2.45) is 0 Å². The van der Waals surface area contributed by atoms with E-state index in [1.807, 2.05) is 32.9 Å². The maximum Gasteiger partial charge on any atom is 0.0591 e. The second-order valence-corrected chi connectivity index (χ2v) is 6.71. The van der Waals surface area contributed by atoms with Gasteiger partial charge in [-0.25, -0.2) is 0 Å². The Bertz CT molecular complexity index is 573. The number of hydrogen-bond acceptors (Lipinski definition) is 1. The molecule has 1 aliphatic rings. The van der Waals surface area contributed by atoms with Gasteiger partial charge in [-0.3, -0.25) is 0 Å². The molecule has 0 aliphatic carbocycles. The molecule has 0 bridgehead atoms. The van der Waals surface area contributed by atoms with Gasteiger partial charge in [0.25, 0.3) is 0 Å². The summed E-state index contributed by atoms with van der Waals surface area (Å²) < 4.78 is 0.968. The minimum absolute atomic E-state index is 0.333. The van der Waals surface area contributed by atoms with Crippen LogP contribution in [0, 0.1) is 0 Å². The van der Waals surface area contributed by atoms with Gasteiger partial charge in [0.2, 0.25) is 0 Å². The molecule has 1 unspecified atom stereocenters. The van der Waals surface area contributed by atoms with E-state index in [2.05, 4.69) is 47.7 Å². The van der Waals surface area contributed by atoms with Gasteiger partial charge in [0.15, 0.2) is 0 Å². The largest absolute Gasteiger partial charge is 0.121 e. The lowest BCUT2D eigenvalue weighted by Gasteiger charge is -2.17. The van der Waals surface area contributed by atoms with Gasteiger partial charge < -0.3 is 0 Å². The Labute approximate surface area is 146 Å². The van der Waals surface area contributed by atoms with Crippen LogP contribution in [-0.4, -0.2) is 0 Å². The molecule has 0 amide bonds. The van der Waals surface area contributed by atoms with E-state index < -0.39 is 0 Å². The van der Waals surface area contributed by atoms with E-state index in [0.29, 0.717) is 5.92 Å². The average Bonchev–Trinajstić information content (AvgIpc) is 2.64. The van der Waals surface area contributed by atoms with Crippen molar-refractivity contribution in [1.29, 1.82) is 0 Å². The van der Waals surface area contributed by atoms with Gasteiger partial charge in [-0.15, -0.1) is 11.8 Å². The van der Waals surface area contributed by atoms with Crippen molar-refractivity contribution in [2.75, 3.05) is 0 Å². The molecule has 1 aromatic rings. The van der Waals surface area contributed by atoms with Crippen molar-refractivity contribution in [3.05, 3.63) is 68.0 Å². The third-order valence-corrected chi connectivity index (χ3v) is 5.82. The van der Waals surface area contributed by atoms with Crippen LogP contribution in [0.2, 0.25) is 5.02 Å². The van der Waals surface area contributed by atoms with Crippen LogP contribution in [-0.2, 0) is 5.75 Å². The topological polar surface area (TPSA) is 0 Å². The standard InChI is InChI=1S/C16H16BrClS.C2H6/c1-4-6-12-10(3)11-7-8-14(17)16(18)13(11)9-19-15(12)5-2;1-2/h4-8,10H,2,9H2,1,3H3;1-2H3/b6-4-;. The summed E-state index contributed by atoms with van der Waals surface area (Å²) in [4.78, 5) is 1.24. The molecular formula is C18H22BrClS. The molecule has 2 rings (SSSR count). The van der Waals surface area contributed by atoms with Crippen molar-refractivity contribution in [2.45, 2.75) is 39.4 Å². The second-order valence-electron chi connectivity index (χ2n) is 4.46. The smallest absolute Gasteiger partial charge is 0.0591 e. The Morgan fingerprint density at radius 2 is 2.05 bits per heavy atom. The number of allylic oxidation sites excluding steroid dienone is 4. The molecule has 0 N–H and O–H groups in total. The van der Waals surface area contributed by atoms with Gasteiger partial charge in [-0.1, -0.05) is 63.2 Å². The zero-order valence-electron chi connectivity index (χ0n) is 13.0. The fourth-order valence-electron chi connectivity index (χ4n) is 2.36. The van der Waals surface area contributed by atoms with Gasteiger partial charge >= 0.3 is 0 Å². The van der Waals surface area contributed by atoms with Crippen LogP contribution >= 0.6 is 39.3 Å². The molecule has 1 aromatic carbocycles. The van der Waals surface area contributed by atoms with Crippen LogP contribution in [0.1, 0.15) is 44.7 Å². The first-order valence-electron chi connectivity index (χ1n) is 7.19. The van der Waals surface area contributed by atoms with E-state index in [0.717, 1.165) is 15.2 Å². The Balaban J connectivity index is 0.00000106. The molecule has 3 heteroatoms. The number of benzene rings is 1. The quantitative estimate of drug-likeness (QED) is 0.508. The van der Waals surface area contributed by atoms with Crippen molar-refractivity contribution in [3.63, 3.8) is 0 Å². The highest BCUT2D eigenvalue weighted by Crippen LogP contribution is 2.44. The Hall–Kier alpha value is -0.440. The number of hydrogen-bond donors (Lipinski definition) is 0. The van der Waals surface area contributed by atoms with Gasteiger partial charge in [0.1, 0.15) is 0 Å². The van der Waals surface area contributed by atoms with Crippen LogP contribution in [0.5, 0.6) is 0 Å². The minimum Gasteiger partial charge on any atom is -0.121 e. The van der Waals surface area contributed by atoms with Gasteiger partial charge in [0, 0.05) is 21.0 Å². The lowest BCUT2D eigenvalue weighted by Crippen LogP contribution is -2.00. The Morgan fingerprint density at radius 3 is 2.62 bits per heavy atom. The second kappa shape index (κ2) is 8.87. The first-order chi connectivity index (χ1) is 10.1. The molecule has 0 fully saturated rings. The molecule has 0 aromatic heterocycles. The molecule has 0 saturated heterocycles. The number of fused-ring (bicyclic) bond motifs is 1. The molecule has 0 spiro atoms. The lowest BCUT2D eigenvalue weighted by molar-refractivity contribution is 0.908. The van der Waals surface area contributed by atoms with Crippen LogP contribution in [0.25, 0.3) is 0 Å². The third kappa shape index (κ3) is 4.06. The number of halogens is 2. The summed E-state index contributed by atoms with van der Waals surface area (Å²) >= 11 is 11.8. The van der Waals surface area contributed by atoms with Crippen LogP contribution in [0.3, 0.4) is 0 Å². The maximum absolute atomic E-state index is 6.44. The van der Waals surface area contributed by atoms with E-state index in [9.17, 15) is 0 Å². The van der Waals surface area contributed by atoms with Gasteiger partial charge in [-0.2, -0.15) is 0 Å². The minimum atomic E-state index is 0.333. The molecule has 1 aliphatic heterocycles. The third-order valence-electron chi connectivity index (χ3n) is 3.35. The summed E-state index contributed by atoms with van der Waals surface area (Å²) in [6.45, 7) is 12.2. The summed E-state index contributed by atoms with van der Waals surface area (Å²) in [5, 5.41) is 0.835. The summed E-state index contributed by atoms with van der Waals surface area (Å²) in [6.07, 6.45) is 6.21. The van der Waals surface area contributed by atoms with Gasteiger partial charge in [0.05, 0.1) is 5.02 Å². The Kier molecular flexibility index (Phi) is 7.86. The average molecular weight is 386 g/mol. The molecule has 0 nitrogen and oxygen atoms in total. The fraction of sp³-hybridized carbons (Fsp3) is 0.333. The fourth-order valence-corrected chi connectivity index (χ4v) is 4.19. The van der Waals surface area contributed by atoms with E-state index in [-0.39, 0.29) is 0 Å². The molecule has 114 valence electrons. The number of rotatable bonds is 2. The lowest BCUT2D eigenvalue weighted by atomic mass is 9.89. The van der Waals surface area contributed by atoms with Crippen molar-refractivity contribution >= 4 is 39.3 Å². The van der Waals surface area contributed by atoms with E-state index >= 15 is 0 Å². The Morgan fingerprint density at radius 1 is 1.38 bits per heavy atom. The highest BCUT2D eigenvalue weighted by Gasteiger charge is 2.23. The van der Waals surface area contributed by atoms with E-state index in [4.69, 9.17) is 11.6 Å². The van der Waals surface area contributed by atoms with Gasteiger partial charge in [-0.05, 0) is 45.6 Å². The van der Waals surface area contributed by atoms with Crippen molar-refractivity contribution in [3.8, 4) is 0 Å². The molecule has 0 saturated carbocycles. The predicted molar refractivity (Wildman–Crippen MR) is 102 cm³/mol. The zero-order chi connectivity index (χ0) is 16.0. The maximum atomic E-state index is 6.44. The molecule has 21 heavy (non-hydrogen) atoms. The zero-order valence-corrected chi connectivity index (χ0v) is 16.2. The first-order valence-corrected chi connectivity index (χ1v) is 9.34. The molecule has 1 heterocycles. The summed E-state index contributed by atoms with van der Waals surface area (Å²) in [7, 11) is 0. The van der Waals surface area contributed by atoms with Crippen LogP contribution in [0.4, 0.5) is 0 Å². The summed E-state index contributed by atoms with van der Waals surface area (Å²) in [5.41, 5.74) is 3.86. The first kappa shape index (κ1) is 18.6. The normalized spacial score (nSPS) is 17.9. The van der Waals surface area contributed by atoms with E-state index in [1.165, 1.54) is 21.6 Å². The molecule has 0 radical (unpaired) electrons. The van der Waals surface area contributed by atoms with Crippen molar-refractivity contribution in [1.82, 2.24) is 0 Å². The summed E-state index contributed by atoms with van der Waals surface area (Å²) in [5.74, 6) is 1.22.